The number of hydrogen-bond donors (Lipinski definition) is 2. The number of benzene rings is 1. The maximum atomic E-state index is 11.1. The Kier molecular flexibility index (Phi) is 7.11. The highest BCUT2D eigenvalue weighted by molar-refractivity contribution is 7.81. The van der Waals surface area contributed by atoms with E-state index in [1.54, 1.807) is 6.07 Å². The Hall–Kier alpha value is -1.76. The number of piperidine rings is 1. The molecule has 1 N–H and O–H groups in total. The molecule has 1 saturated heterocycles. The van der Waals surface area contributed by atoms with E-state index in [0.717, 1.165) is 5.56 Å². The number of methoxy groups -OCH3 is 1. The van der Waals surface area contributed by atoms with E-state index in [1.807, 2.05) is 23.1 Å². The third kappa shape index (κ3) is 4.87. The number of allylic oxidation sites excluding steroid dienone is 1. The Bertz CT molecular complexity index is 704. The van der Waals surface area contributed by atoms with Crippen molar-refractivity contribution in [2.24, 2.45) is 0 Å². The number of ether oxygens (including phenoxy) is 1. The minimum atomic E-state index is -0.999. The lowest BCUT2D eigenvalue weighted by Crippen LogP contribution is -2.40. The predicted octanol–water partition coefficient (Wildman–Crippen LogP) is 3.13. The molecule has 1 aliphatic heterocycles. The summed E-state index contributed by atoms with van der Waals surface area (Å²) in [6, 6.07) is 6.95. The van der Waals surface area contributed by atoms with Gasteiger partial charge in [0.15, 0.2) is 0 Å². The lowest BCUT2D eigenvalue weighted by atomic mass is 9.96. The number of carbonyl (C=O) groups excluding carboxylic acids is 1. The molecule has 0 amide bonds. The van der Waals surface area contributed by atoms with Crippen LogP contribution in [0.3, 0.4) is 0 Å². The van der Waals surface area contributed by atoms with Crippen molar-refractivity contribution >= 4 is 36.5 Å². The Balaban J connectivity index is 2.45. The standard InChI is InChI=1S/C18H20ClNO4S/c1-24-15(7-9-21)18(13-4-2-3-5-14(13)19)20-8-6-16(25)12(11-20)10-17(22)23/h2-5,7,9-10,16,18,25H,6,8,11H2,1H3,(H,22,23)/b12-10-,15-7?. The highest BCUT2D eigenvalue weighted by Crippen LogP contribution is 2.36. The van der Waals surface area contributed by atoms with E-state index >= 15 is 0 Å². The molecule has 0 aromatic heterocycles. The van der Waals surface area contributed by atoms with Gasteiger partial charge in [0.05, 0.1) is 13.2 Å². The quantitative estimate of drug-likeness (QED) is 0.343. The molecule has 0 bridgehead atoms. The molecule has 1 heterocycles. The first-order valence-electron chi connectivity index (χ1n) is 7.77. The van der Waals surface area contributed by atoms with Gasteiger partial charge < -0.3 is 9.84 Å². The van der Waals surface area contributed by atoms with E-state index < -0.39 is 5.97 Å². The second kappa shape index (κ2) is 9.08. The van der Waals surface area contributed by atoms with Crippen molar-refractivity contribution in [2.45, 2.75) is 17.7 Å². The number of carboxylic acid groups (broad SMARTS) is 1. The van der Waals surface area contributed by atoms with E-state index in [4.69, 9.17) is 21.4 Å². The number of carbonyl (C=O) groups is 2. The summed E-state index contributed by atoms with van der Waals surface area (Å²) >= 11 is 10.8. The van der Waals surface area contributed by atoms with E-state index in [9.17, 15) is 9.59 Å². The van der Waals surface area contributed by atoms with Crippen molar-refractivity contribution in [1.82, 2.24) is 4.90 Å². The Morgan fingerprint density at radius 2 is 2.20 bits per heavy atom. The van der Waals surface area contributed by atoms with Crippen molar-refractivity contribution in [3.05, 3.63) is 58.3 Å². The number of thiol groups is 1. The van der Waals surface area contributed by atoms with Crippen molar-refractivity contribution in [3.63, 3.8) is 0 Å². The first kappa shape index (κ1) is 19.6. The molecule has 1 fully saturated rings. The number of nitrogens with zero attached hydrogens (tertiary/aromatic N) is 1. The van der Waals surface area contributed by atoms with Crippen molar-refractivity contribution in [2.75, 3.05) is 20.2 Å². The zero-order valence-electron chi connectivity index (χ0n) is 13.8. The van der Waals surface area contributed by atoms with Crippen LogP contribution in [-0.4, -0.2) is 47.7 Å². The molecule has 25 heavy (non-hydrogen) atoms. The Morgan fingerprint density at radius 3 is 2.80 bits per heavy atom. The van der Waals surface area contributed by atoms with Crippen LogP contribution >= 0.6 is 24.2 Å². The fourth-order valence-corrected chi connectivity index (χ4v) is 3.49. The molecule has 1 aliphatic rings. The summed E-state index contributed by atoms with van der Waals surface area (Å²) in [5, 5.41) is 9.52. The molecule has 134 valence electrons. The summed E-state index contributed by atoms with van der Waals surface area (Å²) in [6.07, 6.45) is 3.91. The topological polar surface area (TPSA) is 66.8 Å². The van der Waals surface area contributed by atoms with Gasteiger partial charge in [-0.15, -0.1) is 0 Å². The zero-order chi connectivity index (χ0) is 18.4. The van der Waals surface area contributed by atoms with Crippen LogP contribution < -0.4 is 0 Å². The van der Waals surface area contributed by atoms with Gasteiger partial charge >= 0.3 is 5.97 Å². The first-order valence-corrected chi connectivity index (χ1v) is 8.66. The second-order valence-corrected chi connectivity index (χ2v) is 6.70. The molecule has 7 heteroatoms. The van der Waals surface area contributed by atoms with Crippen LogP contribution in [0.4, 0.5) is 0 Å². The lowest BCUT2D eigenvalue weighted by molar-refractivity contribution is -0.131. The van der Waals surface area contributed by atoms with Gasteiger partial charge in [-0.1, -0.05) is 29.8 Å². The molecule has 1 aromatic rings. The molecule has 0 saturated carbocycles. The van der Waals surface area contributed by atoms with Gasteiger partial charge in [-0.25, -0.2) is 4.79 Å². The summed E-state index contributed by atoms with van der Waals surface area (Å²) in [7, 11) is 1.50. The van der Waals surface area contributed by atoms with Crippen LogP contribution in [0.2, 0.25) is 5.02 Å². The Labute approximate surface area is 157 Å². The van der Waals surface area contributed by atoms with Crippen LogP contribution in [-0.2, 0) is 14.3 Å². The van der Waals surface area contributed by atoms with Crippen molar-refractivity contribution < 1.29 is 19.4 Å². The molecule has 0 spiro atoms. The normalized spacial score (nSPS) is 21.8. The maximum absolute atomic E-state index is 11.1. The van der Waals surface area contributed by atoms with Gasteiger partial charge in [-0.2, -0.15) is 12.6 Å². The molecule has 5 nitrogen and oxygen atoms in total. The molecular formula is C18H20ClNO4S. The molecule has 0 radical (unpaired) electrons. The molecule has 2 atom stereocenters. The minimum absolute atomic E-state index is 0.111. The zero-order valence-corrected chi connectivity index (χ0v) is 15.4. The summed E-state index contributed by atoms with van der Waals surface area (Å²) in [5.41, 5.74) is 1.51. The average Bonchev–Trinajstić information content (AvgIpc) is 2.58. The third-order valence-corrected chi connectivity index (χ3v) is 5.05. The van der Waals surface area contributed by atoms with E-state index in [0.29, 0.717) is 42.2 Å². The smallest absolute Gasteiger partial charge is 0.328 e. The summed E-state index contributed by atoms with van der Waals surface area (Å²) in [6.45, 7) is 1.07. The fourth-order valence-electron chi connectivity index (χ4n) is 2.98. The number of halogens is 1. The van der Waals surface area contributed by atoms with E-state index in [-0.39, 0.29) is 11.3 Å². The summed E-state index contributed by atoms with van der Waals surface area (Å²) in [5.74, 6) is -0.545. The van der Waals surface area contributed by atoms with Gasteiger partial charge in [-0.05, 0) is 23.6 Å². The largest absolute Gasteiger partial charge is 0.499 e. The average molecular weight is 382 g/mol. The van der Waals surface area contributed by atoms with Gasteiger partial charge in [0.2, 0.25) is 0 Å². The lowest BCUT2D eigenvalue weighted by Gasteiger charge is -2.38. The molecule has 0 aliphatic carbocycles. The highest BCUT2D eigenvalue weighted by atomic mass is 35.5. The van der Waals surface area contributed by atoms with Crippen LogP contribution in [0.1, 0.15) is 18.0 Å². The molecule has 2 rings (SSSR count). The summed E-state index contributed by atoms with van der Waals surface area (Å²) in [4.78, 5) is 24.1. The number of likely N-dealkylation sites (tertiary alicyclic amines) is 1. The number of aliphatic carboxylic acids is 1. The monoisotopic (exact) mass is 381 g/mol. The van der Waals surface area contributed by atoms with Gasteiger partial charge in [0, 0.05) is 35.5 Å². The summed E-state index contributed by atoms with van der Waals surface area (Å²) < 4.78 is 5.43. The number of hydrogen-bond acceptors (Lipinski definition) is 5. The predicted molar refractivity (Wildman–Crippen MR) is 100 cm³/mol. The maximum Gasteiger partial charge on any atom is 0.328 e. The first-order chi connectivity index (χ1) is 12.0. The fraction of sp³-hybridized carbons (Fsp3) is 0.333. The van der Waals surface area contributed by atoms with Crippen molar-refractivity contribution in [1.29, 1.82) is 0 Å². The molecule has 1 aromatic carbocycles. The van der Waals surface area contributed by atoms with Crippen LogP contribution in [0.5, 0.6) is 0 Å². The molecular weight excluding hydrogens is 362 g/mol. The highest BCUT2D eigenvalue weighted by Gasteiger charge is 2.32. The van der Waals surface area contributed by atoms with Crippen LogP contribution in [0.15, 0.2) is 47.7 Å². The molecule has 2 unspecified atom stereocenters. The number of rotatable bonds is 6. The minimum Gasteiger partial charge on any atom is -0.499 e. The van der Waals surface area contributed by atoms with E-state index in [1.165, 1.54) is 19.3 Å². The Morgan fingerprint density at radius 1 is 1.48 bits per heavy atom. The van der Waals surface area contributed by atoms with Gasteiger partial charge in [0.25, 0.3) is 0 Å². The van der Waals surface area contributed by atoms with Crippen molar-refractivity contribution in [3.8, 4) is 0 Å². The number of carboxylic acids is 1. The SMILES string of the molecule is COC(=CC=O)C(c1ccccc1Cl)N1CCC(S)/C(=C\C(=O)O)C1. The van der Waals surface area contributed by atoms with Gasteiger partial charge in [-0.3, -0.25) is 9.69 Å². The van der Waals surface area contributed by atoms with E-state index in [2.05, 4.69) is 12.6 Å². The van der Waals surface area contributed by atoms with Crippen LogP contribution in [0, 0.1) is 0 Å². The van der Waals surface area contributed by atoms with Crippen LogP contribution in [0.25, 0.3) is 0 Å². The second-order valence-electron chi connectivity index (χ2n) is 5.67. The number of aldehydes is 1. The van der Waals surface area contributed by atoms with Gasteiger partial charge in [0.1, 0.15) is 12.0 Å². The third-order valence-electron chi connectivity index (χ3n) is 4.11.